The lowest BCUT2D eigenvalue weighted by atomic mass is 10.1. The van der Waals surface area contributed by atoms with Crippen LogP contribution in [0.2, 0.25) is 0 Å². The van der Waals surface area contributed by atoms with Crippen LogP contribution >= 0.6 is 0 Å². The van der Waals surface area contributed by atoms with Gasteiger partial charge in [0.15, 0.2) is 0 Å². The molecule has 0 radical (unpaired) electrons. The fourth-order valence-corrected chi connectivity index (χ4v) is 1.41. The summed E-state index contributed by atoms with van der Waals surface area (Å²) in [6.45, 7) is 0. The topological polar surface area (TPSA) is 55.4 Å². The van der Waals surface area contributed by atoms with E-state index in [0.29, 0.717) is 12.3 Å². The van der Waals surface area contributed by atoms with Crippen molar-refractivity contribution in [3.05, 3.63) is 35.9 Å². The highest BCUT2D eigenvalue weighted by Gasteiger charge is 2.29. The van der Waals surface area contributed by atoms with Gasteiger partial charge in [-0.2, -0.15) is 0 Å². The van der Waals surface area contributed by atoms with E-state index in [9.17, 15) is 4.79 Å². The predicted molar refractivity (Wildman–Crippen MR) is 59.5 cm³/mol. The molecule has 1 aromatic rings. The molecular formula is C12H14N2O. The molecule has 0 heterocycles. The second-order valence-electron chi connectivity index (χ2n) is 3.88. The quantitative estimate of drug-likeness (QED) is 0.597. The highest BCUT2D eigenvalue weighted by atomic mass is 16.1. The maximum Gasteiger partial charge on any atom is 0.250 e. The molecule has 78 valence electrons. The molecule has 0 atom stereocenters. The number of benzene rings is 1. The third kappa shape index (κ3) is 2.91. The van der Waals surface area contributed by atoms with Crippen molar-refractivity contribution < 1.29 is 4.79 Å². The van der Waals surface area contributed by atoms with Crippen molar-refractivity contribution >= 4 is 11.7 Å². The van der Waals surface area contributed by atoms with Gasteiger partial charge in [-0.3, -0.25) is 4.79 Å². The Kier molecular flexibility index (Phi) is 2.81. The summed E-state index contributed by atoms with van der Waals surface area (Å²) in [6.07, 6.45) is 2.50. The van der Waals surface area contributed by atoms with Crippen molar-refractivity contribution in [3.8, 4) is 0 Å². The Morgan fingerprint density at radius 1 is 1.33 bits per heavy atom. The van der Waals surface area contributed by atoms with E-state index in [0.717, 1.165) is 18.4 Å². The smallest absolute Gasteiger partial charge is 0.250 e. The van der Waals surface area contributed by atoms with Gasteiger partial charge in [0.05, 0.1) is 0 Å². The molecule has 1 fully saturated rings. The predicted octanol–water partition coefficient (Wildman–Crippen LogP) is 1.52. The third-order valence-corrected chi connectivity index (χ3v) is 2.41. The van der Waals surface area contributed by atoms with Crippen LogP contribution in [0.15, 0.2) is 35.3 Å². The first-order valence-electron chi connectivity index (χ1n) is 5.16. The van der Waals surface area contributed by atoms with Gasteiger partial charge in [0.25, 0.3) is 0 Å². The second-order valence-corrected chi connectivity index (χ2v) is 3.88. The van der Waals surface area contributed by atoms with Gasteiger partial charge >= 0.3 is 0 Å². The number of amides is 1. The van der Waals surface area contributed by atoms with E-state index in [4.69, 9.17) is 5.73 Å². The molecule has 3 nitrogen and oxygen atoms in total. The number of aliphatic imine (C=N–C) groups is 1. The zero-order chi connectivity index (χ0) is 10.7. The molecular weight excluding hydrogens is 188 g/mol. The van der Waals surface area contributed by atoms with Crippen LogP contribution in [0, 0.1) is 5.92 Å². The Balaban J connectivity index is 1.96. The van der Waals surface area contributed by atoms with Crippen molar-refractivity contribution in [1.82, 2.24) is 0 Å². The third-order valence-electron chi connectivity index (χ3n) is 2.41. The van der Waals surface area contributed by atoms with Gasteiger partial charge in [-0.1, -0.05) is 30.3 Å². The number of nitrogens with two attached hydrogens (primary N) is 1. The van der Waals surface area contributed by atoms with Crippen LogP contribution in [0.1, 0.15) is 18.4 Å². The average Bonchev–Trinajstić information content (AvgIpc) is 3.01. The lowest BCUT2D eigenvalue weighted by Gasteiger charge is -1.99. The lowest BCUT2D eigenvalue weighted by Crippen LogP contribution is -2.17. The van der Waals surface area contributed by atoms with Crippen molar-refractivity contribution in [2.75, 3.05) is 0 Å². The molecule has 0 aliphatic heterocycles. The van der Waals surface area contributed by atoms with Crippen LogP contribution in [0.4, 0.5) is 0 Å². The summed E-state index contributed by atoms with van der Waals surface area (Å²) >= 11 is 0. The Labute approximate surface area is 89.0 Å². The number of amidine groups is 1. The highest BCUT2D eigenvalue weighted by molar-refractivity contribution is 5.96. The lowest BCUT2D eigenvalue weighted by molar-refractivity contribution is -0.118. The number of carbonyl (C=O) groups excluding carboxylic acids is 1. The Bertz CT molecular complexity index is 380. The van der Waals surface area contributed by atoms with Crippen LogP contribution in [0.25, 0.3) is 0 Å². The molecule has 2 N–H and O–H groups in total. The molecule has 2 rings (SSSR count). The standard InChI is InChI=1S/C12H14N2O/c13-11(14-12(15)10-6-7-10)8-9-4-2-1-3-5-9/h1-5,10H,6-8H2,(H2,13,14,15). The molecule has 0 aromatic heterocycles. The summed E-state index contributed by atoms with van der Waals surface area (Å²) < 4.78 is 0. The minimum Gasteiger partial charge on any atom is -0.387 e. The van der Waals surface area contributed by atoms with Crippen LogP contribution < -0.4 is 5.73 Å². The SMILES string of the molecule is NC(Cc1ccccc1)=NC(=O)C1CC1. The first-order chi connectivity index (χ1) is 7.25. The summed E-state index contributed by atoms with van der Waals surface area (Å²) in [5, 5.41) is 0. The molecule has 0 spiro atoms. The molecule has 1 aliphatic carbocycles. The molecule has 0 saturated heterocycles. The van der Waals surface area contributed by atoms with Crippen LogP contribution in [-0.2, 0) is 11.2 Å². The van der Waals surface area contributed by atoms with E-state index in [1.54, 1.807) is 0 Å². The molecule has 3 heteroatoms. The van der Waals surface area contributed by atoms with E-state index in [-0.39, 0.29) is 11.8 Å². The van der Waals surface area contributed by atoms with Gasteiger partial charge in [-0.05, 0) is 18.4 Å². The van der Waals surface area contributed by atoms with Crippen molar-refractivity contribution in [1.29, 1.82) is 0 Å². The molecule has 1 saturated carbocycles. The molecule has 15 heavy (non-hydrogen) atoms. The molecule has 1 amide bonds. The van der Waals surface area contributed by atoms with Crippen LogP contribution in [0.3, 0.4) is 0 Å². The van der Waals surface area contributed by atoms with Crippen molar-refractivity contribution in [2.45, 2.75) is 19.3 Å². The summed E-state index contributed by atoms with van der Waals surface area (Å²) in [5.41, 5.74) is 6.79. The van der Waals surface area contributed by atoms with Gasteiger partial charge in [0.1, 0.15) is 5.84 Å². The monoisotopic (exact) mass is 202 g/mol. The maximum atomic E-state index is 11.3. The van der Waals surface area contributed by atoms with E-state index in [2.05, 4.69) is 4.99 Å². The highest BCUT2D eigenvalue weighted by Crippen LogP contribution is 2.30. The Morgan fingerprint density at radius 3 is 2.60 bits per heavy atom. The van der Waals surface area contributed by atoms with Gasteiger partial charge < -0.3 is 5.73 Å². The summed E-state index contributed by atoms with van der Waals surface area (Å²) in [4.78, 5) is 15.2. The molecule has 0 unspecified atom stereocenters. The summed E-state index contributed by atoms with van der Waals surface area (Å²) in [5.74, 6) is 0.515. The van der Waals surface area contributed by atoms with E-state index in [1.807, 2.05) is 30.3 Å². The zero-order valence-electron chi connectivity index (χ0n) is 8.52. The van der Waals surface area contributed by atoms with Crippen LogP contribution in [0.5, 0.6) is 0 Å². The van der Waals surface area contributed by atoms with Crippen molar-refractivity contribution in [2.24, 2.45) is 16.6 Å². The number of carbonyl (C=O) groups is 1. The minimum absolute atomic E-state index is 0.0524. The first-order valence-corrected chi connectivity index (χ1v) is 5.16. The fraction of sp³-hybridized carbons (Fsp3) is 0.333. The summed E-state index contributed by atoms with van der Waals surface area (Å²) in [7, 11) is 0. The van der Waals surface area contributed by atoms with E-state index in [1.165, 1.54) is 0 Å². The van der Waals surface area contributed by atoms with Gasteiger partial charge in [0, 0.05) is 12.3 Å². The molecule has 1 aromatic carbocycles. The second kappa shape index (κ2) is 4.26. The van der Waals surface area contributed by atoms with Crippen molar-refractivity contribution in [3.63, 3.8) is 0 Å². The maximum absolute atomic E-state index is 11.3. The minimum atomic E-state index is -0.0524. The number of nitrogens with zero attached hydrogens (tertiary/aromatic N) is 1. The number of hydrogen-bond donors (Lipinski definition) is 1. The van der Waals surface area contributed by atoms with E-state index < -0.39 is 0 Å². The Morgan fingerprint density at radius 2 is 2.00 bits per heavy atom. The first kappa shape index (κ1) is 9.90. The van der Waals surface area contributed by atoms with Gasteiger partial charge in [-0.25, -0.2) is 4.99 Å². The van der Waals surface area contributed by atoms with Crippen LogP contribution in [-0.4, -0.2) is 11.7 Å². The summed E-state index contributed by atoms with van der Waals surface area (Å²) in [6, 6.07) is 9.80. The number of hydrogen-bond acceptors (Lipinski definition) is 1. The van der Waals surface area contributed by atoms with Gasteiger partial charge in [0.2, 0.25) is 5.91 Å². The van der Waals surface area contributed by atoms with Gasteiger partial charge in [-0.15, -0.1) is 0 Å². The fourth-order valence-electron chi connectivity index (χ4n) is 1.41. The largest absolute Gasteiger partial charge is 0.387 e. The zero-order valence-corrected chi connectivity index (χ0v) is 8.52. The molecule has 0 bridgehead atoms. The average molecular weight is 202 g/mol. The molecule has 1 aliphatic rings. The number of rotatable bonds is 3. The van der Waals surface area contributed by atoms with E-state index >= 15 is 0 Å². The Hall–Kier alpha value is -1.64. The normalized spacial score (nSPS) is 16.4.